The smallest absolute Gasteiger partial charge is 0.259 e. The molecule has 8 nitrogen and oxygen atoms in total. The molecule has 0 radical (unpaired) electrons. The van der Waals surface area contributed by atoms with Gasteiger partial charge in [-0.3, -0.25) is 9.59 Å². The van der Waals surface area contributed by atoms with E-state index in [4.69, 9.17) is 0 Å². The number of piperazine rings is 1. The molecule has 1 atom stereocenters. The standard InChI is InChI=1S/C22H21F3N6O2/c1-14-26-27-28-31(14)19(13-15-5-7-16(23)8-6-15)21(32)29-9-11-30(12-10-29)22(33)20-17(24)3-2-4-18(20)25/h2-8,19H,9-13H2,1H3. The van der Waals surface area contributed by atoms with Gasteiger partial charge in [-0.2, -0.15) is 0 Å². The van der Waals surface area contributed by atoms with Crippen molar-refractivity contribution in [2.75, 3.05) is 26.2 Å². The van der Waals surface area contributed by atoms with Crippen LogP contribution in [-0.2, 0) is 11.2 Å². The molecule has 2 aromatic carbocycles. The highest BCUT2D eigenvalue weighted by Crippen LogP contribution is 2.21. The SMILES string of the molecule is Cc1nnnn1C(Cc1ccc(F)cc1)C(=O)N1CCN(C(=O)c2c(F)cccc2F)CC1. The van der Waals surface area contributed by atoms with E-state index in [1.165, 1.54) is 27.8 Å². The topological polar surface area (TPSA) is 84.2 Å². The van der Waals surface area contributed by atoms with E-state index in [-0.39, 0.29) is 44.3 Å². The van der Waals surface area contributed by atoms with E-state index in [9.17, 15) is 22.8 Å². The summed E-state index contributed by atoms with van der Waals surface area (Å²) in [6.45, 7) is 2.28. The van der Waals surface area contributed by atoms with E-state index in [0.29, 0.717) is 5.82 Å². The first-order chi connectivity index (χ1) is 15.8. The van der Waals surface area contributed by atoms with Crippen LogP contribution in [0.2, 0.25) is 0 Å². The van der Waals surface area contributed by atoms with Crippen molar-refractivity contribution in [1.82, 2.24) is 30.0 Å². The maximum Gasteiger partial charge on any atom is 0.259 e. The molecule has 1 fully saturated rings. The molecule has 0 N–H and O–H groups in total. The Hall–Kier alpha value is -3.76. The van der Waals surface area contributed by atoms with Gasteiger partial charge in [0.05, 0.1) is 0 Å². The molecular weight excluding hydrogens is 437 g/mol. The number of amides is 2. The fourth-order valence-corrected chi connectivity index (χ4v) is 3.85. The Morgan fingerprint density at radius 3 is 2.12 bits per heavy atom. The first kappa shape index (κ1) is 22.4. The van der Waals surface area contributed by atoms with Gasteiger partial charge in [-0.25, -0.2) is 17.9 Å². The Morgan fingerprint density at radius 1 is 0.939 bits per heavy atom. The summed E-state index contributed by atoms with van der Waals surface area (Å²) >= 11 is 0. The van der Waals surface area contributed by atoms with E-state index < -0.39 is 29.1 Å². The molecule has 4 rings (SSSR count). The molecule has 1 aliphatic rings. The molecule has 3 aromatic rings. The number of carbonyl (C=O) groups excluding carboxylic acids is 2. The van der Waals surface area contributed by atoms with Gasteiger partial charge < -0.3 is 9.80 Å². The van der Waals surface area contributed by atoms with Crippen molar-refractivity contribution in [3.8, 4) is 0 Å². The number of hydrogen-bond acceptors (Lipinski definition) is 5. The van der Waals surface area contributed by atoms with E-state index in [0.717, 1.165) is 17.7 Å². The molecule has 1 aromatic heterocycles. The first-order valence-electron chi connectivity index (χ1n) is 10.4. The van der Waals surface area contributed by atoms with Crippen molar-refractivity contribution < 1.29 is 22.8 Å². The lowest BCUT2D eigenvalue weighted by Gasteiger charge is -2.36. The van der Waals surface area contributed by atoms with E-state index in [1.807, 2.05) is 0 Å². The summed E-state index contributed by atoms with van der Waals surface area (Å²) in [5, 5.41) is 11.4. The lowest BCUT2D eigenvalue weighted by atomic mass is 10.0. The summed E-state index contributed by atoms with van der Waals surface area (Å²) in [7, 11) is 0. The second kappa shape index (κ2) is 9.39. The molecule has 33 heavy (non-hydrogen) atoms. The van der Waals surface area contributed by atoms with Crippen LogP contribution < -0.4 is 0 Å². The summed E-state index contributed by atoms with van der Waals surface area (Å²) < 4.78 is 42.7. The Labute approximate surface area is 187 Å². The number of aryl methyl sites for hydroxylation is 1. The van der Waals surface area contributed by atoms with Gasteiger partial charge in [-0.15, -0.1) is 5.10 Å². The zero-order chi connectivity index (χ0) is 23.5. The number of rotatable bonds is 5. The predicted molar refractivity (Wildman–Crippen MR) is 111 cm³/mol. The third kappa shape index (κ3) is 4.71. The minimum Gasteiger partial charge on any atom is -0.337 e. The van der Waals surface area contributed by atoms with Crippen molar-refractivity contribution in [3.63, 3.8) is 0 Å². The van der Waals surface area contributed by atoms with Crippen molar-refractivity contribution in [3.05, 3.63) is 76.9 Å². The van der Waals surface area contributed by atoms with Crippen molar-refractivity contribution in [2.45, 2.75) is 19.4 Å². The van der Waals surface area contributed by atoms with Crippen LogP contribution in [0.3, 0.4) is 0 Å². The number of nitrogens with zero attached hydrogens (tertiary/aromatic N) is 6. The highest BCUT2D eigenvalue weighted by atomic mass is 19.1. The second-order valence-electron chi connectivity index (χ2n) is 7.73. The predicted octanol–water partition coefficient (Wildman–Crippen LogP) is 2.17. The number of benzene rings is 2. The molecule has 0 aliphatic carbocycles. The summed E-state index contributed by atoms with van der Waals surface area (Å²) in [4.78, 5) is 28.9. The Kier molecular flexibility index (Phi) is 6.38. The molecule has 1 unspecified atom stereocenters. The van der Waals surface area contributed by atoms with Crippen LogP contribution in [0.15, 0.2) is 42.5 Å². The second-order valence-corrected chi connectivity index (χ2v) is 7.73. The number of tetrazole rings is 1. The van der Waals surface area contributed by atoms with Gasteiger partial charge >= 0.3 is 0 Å². The number of carbonyl (C=O) groups is 2. The molecule has 0 bridgehead atoms. The molecule has 2 heterocycles. The maximum atomic E-state index is 14.0. The number of aromatic nitrogens is 4. The highest BCUT2D eigenvalue weighted by molar-refractivity contribution is 5.95. The Balaban J connectivity index is 1.48. The highest BCUT2D eigenvalue weighted by Gasteiger charge is 2.33. The fourth-order valence-electron chi connectivity index (χ4n) is 3.85. The molecule has 0 saturated carbocycles. The van der Waals surface area contributed by atoms with Crippen molar-refractivity contribution in [1.29, 1.82) is 0 Å². The van der Waals surface area contributed by atoms with Crippen molar-refractivity contribution in [2.24, 2.45) is 0 Å². The monoisotopic (exact) mass is 458 g/mol. The fraction of sp³-hybridized carbons (Fsp3) is 0.318. The van der Waals surface area contributed by atoms with Gasteiger partial charge in [0.1, 0.15) is 34.9 Å². The van der Waals surface area contributed by atoms with Gasteiger partial charge in [0.25, 0.3) is 5.91 Å². The Morgan fingerprint density at radius 2 is 1.55 bits per heavy atom. The summed E-state index contributed by atoms with van der Waals surface area (Å²) in [5.41, 5.74) is 0.129. The minimum atomic E-state index is -0.924. The number of halogens is 3. The van der Waals surface area contributed by atoms with Gasteiger partial charge in [-0.1, -0.05) is 18.2 Å². The average molecular weight is 458 g/mol. The van der Waals surface area contributed by atoms with Crippen LogP contribution >= 0.6 is 0 Å². The molecule has 11 heteroatoms. The normalized spacial score (nSPS) is 14.9. The lowest BCUT2D eigenvalue weighted by Crippen LogP contribution is -2.52. The van der Waals surface area contributed by atoms with Crippen LogP contribution in [0, 0.1) is 24.4 Å². The lowest BCUT2D eigenvalue weighted by molar-refractivity contribution is -0.136. The van der Waals surface area contributed by atoms with Crippen LogP contribution in [0.5, 0.6) is 0 Å². The van der Waals surface area contributed by atoms with Gasteiger partial charge in [0.15, 0.2) is 0 Å². The minimum absolute atomic E-state index is 0.121. The van der Waals surface area contributed by atoms with Crippen LogP contribution in [0.1, 0.15) is 27.8 Å². The van der Waals surface area contributed by atoms with Crippen LogP contribution in [-0.4, -0.2) is 68.0 Å². The van der Waals surface area contributed by atoms with E-state index in [2.05, 4.69) is 15.5 Å². The van der Waals surface area contributed by atoms with Crippen LogP contribution in [0.25, 0.3) is 0 Å². The first-order valence-corrected chi connectivity index (χ1v) is 10.4. The quantitative estimate of drug-likeness (QED) is 0.585. The molecule has 1 aliphatic heterocycles. The van der Waals surface area contributed by atoms with E-state index >= 15 is 0 Å². The summed E-state index contributed by atoms with van der Waals surface area (Å²) in [6, 6.07) is 8.31. The van der Waals surface area contributed by atoms with Gasteiger partial charge in [0.2, 0.25) is 5.91 Å². The third-order valence-electron chi connectivity index (χ3n) is 5.64. The molecule has 2 amide bonds. The number of hydrogen-bond donors (Lipinski definition) is 0. The zero-order valence-electron chi connectivity index (χ0n) is 17.8. The van der Waals surface area contributed by atoms with Gasteiger partial charge in [-0.05, 0) is 47.2 Å². The summed E-state index contributed by atoms with van der Waals surface area (Å²) in [5.74, 6) is -2.80. The zero-order valence-corrected chi connectivity index (χ0v) is 17.8. The van der Waals surface area contributed by atoms with Crippen molar-refractivity contribution >= 4 is 11.8 Å². The third-order valence-corrected chi connectivity index (χ3v) is 5.64. The van der Waals surface area contributed by atoms with Crippen LogP contribution in [0.4, 0.5) is 13.2 Å². The maximum absolute atomic E-state index is 14.0. The largest absolute Gasteiger partial charge is 0.337 e. The Bertz CT molecular complexity index is 1140. The molecular formula is C22H21F3N6O2. The molecule has 1 saturated heterocycles. The molecule has 172 valence electrons. The van der Waals surface area contributed by atoms with E-state index in [1.54, 1.807) is 24.0 Å². The molecule has 0 spiro atoms. The summed E-state index contributed by atoms with van der Waals surface area (Å²) in [6.07, 6.45) is 0.241. The van der Waals surface area contributed by atoms with Gasteiger partial charge in [0, 0.05) is 32.6 Å². The average Bonchev–Trinajstić information content (AvgIpc) is 3.23.